The molecular formula is C75H140N4O10S2. The van der Waals surface area contributed by atoms with Crippen molar-refractivity contribution in [1.29, 1.82) is 0 Å². The molecule has 0 N–H and O–H groups in total. The number of carbonyl (C=O) groups excluding carboxylic acids is 6. The lowest BCUT2D eigenvalue weighted by molar-refractivity contribution is -0.152. The van der Waals surface area contributed by atoms with Gasteiger partial charge in [-0.2, -0.15) is 0 Å². The second-order valence-corrected chi connectivity index (χ2v) is 27.8. The minimum Gasteiger partial charge on any atom is -0.461 e. The van der Waals surface area contributed by atoms with E-state index in [0.717, 1.165) is 155 Å². The Morgan fingerprint density at radius 2 is 0.714 bits per heavy atom. The van der Waals surface area contributed by atoms with Gasteiger partial charge in [-0.15, -0.1) is 0 Å². The molecule has 0 saturated heterocycles. The van der Waals surface area contributed by atoms with Gasteiger partial charge in [-0.05, 0) is 143 Å². The summed E-state index contributed by atoms with van der Waals surface area (Å²) in [6, 6.07) is 0. The van der Waals surface area contributed by atoms with Gasteiger partial charge in [0.1, 0.15) is 45.1 Å². The van der Waals surface area contributed by atoms with E-state index in [2.05, 4.69) is 63.5 Å². The molecule has 0 saturated carbocycles. The van der Waals surface area contributed by atoms with Crippen LogP contribution in [-0.2, 0) is 38.1 Å². The van der Waals surface area contributed by atoms with E-state index in [1.807, 2.05) is 26.2 Å². The number of ether oxygens (including phenoxy) is 4. The Morgan fingerprint density at radius 3 is 1.14 bits per heavy atom. The monoisotopic (exact) mass is 1320 g/mol. The van der Waals surface area contributed by atoms with Crippen LogP contribution in [0.2, 0.25) is 0 Å². The van der Waals surface area contributed by atoms with Gasteiger partial charge in [-0.25, -0.2) is 0 Å². The summed E-state index contributed by atoms with van der Waals surface area (Å²) in [4.78, 5) is 87.1. The van der Waals surface area contributed by atoms with Crippen molar-refractivity contribution >= 4 is 57.9 Å². The van der Waals surface area contributed by atoms with Gasteiger partial charge < -0.3 is 38.5 Å². The van der Waals surface area contributed by atoms with Crippen LogP contribution < -0.4 is 0 Å². The van der Waals surface area contributed by atoms with Crippen LogP contribution in [0.1, 0.15) is 318 Å². The number of allylic oxidation sites excluding steroid dienone is 2. The van der Waals surface area contributed by atoms with Crippen LogP contribution in [0.3, 0.4) is 0 Å². The van der Waals surface area contributed by atoms with Crippen LogP contribution >= 0.6 is 23.5 Å². The minimum absolute atomic E-state index is 0.108. The zero-order chi connectivity index (χ0) is 66.9. The van der Waals surface area contributed by atoms with Crippen LogP contribution in [0.5, 0.6) is 0 Å². The maximum atomic E-state index is 13.6. The number of thioether (sulfide) groups is 2. The van der Waals surface area contributed by atoms with E-state index in [-0.39, 0.29) is 73.9 Å². The fourth-order valence-electron chi connectivity index (χ4n) is 11.1. The van der Waals surface area contributed by atoms with Crippen molar-refractivity contribution in [2.45, 2.75) is 330 Å². The van der Waals surface area contributed by atoms with E-state index in [4.69, 9.17) is 18.9 Å². The third kappa shape index (κ3) is 59.2. The number of rotatable bonds is 66. The first-order chi connectivity index (χ1) is 44.3. The Balaban J connectivity index is 4.98. The lowest BCUT2D eigenvalue weighted by Gasteiger charge is -2.24. The Labute approximate surface area is 567 Å². The van der Waals surface area contributed by atoms with Gasteiger partial charge in [0, 0.05) is 24.5 Å². The predicted molar refractivity (Wildman–Crippen MR) is 386 cm³/mol. The molecule has 1 unspecified atom stereocenters. The van der Waals surface area contributed by atoms with Crippen LogP contribution in [-0.4, -0.2) is 157 Å². The topological polar surface area (TPSA) is 152 Å². The summed E-state index contributed by atoms with van der Waals surface area (Å²) in [5.74, 6) is -0.339. The number of unbranched alkanes of at least 4 members (excludes halogenated alkanes) is 30. The quantitative estimate of drug-likeness (QED) is 0.0246. The lowest BCUT2D eigenvalue weighted by atomic mass is 10.0. The van der Waals surface area contributed by atoms with Crippen molar-refractivity contribution < 1.29 is 47.7 Å². The van der Waals surface area contributed by atoms with Gasteiger partial charge in [0.2, 0.25) is 0 Å². The lowest BCUT2D eigenvalue weighted by Crippen LogP contribution is -2.39. The molecule has 0 aromatic carbocycles. The van der Waals surface area contributed by atoms with Gasteiger partial charge in [-0.1, -0.05) is 256 Å². The number of hydrogen-bond donors (Lipinski definition) is 0. The molecular weight excluding hydrogens is 1180 g/mol. The molecule has 0 heterocycles. The minimum atomic E-state index is -0.522. The van der Waals surface area contributed by atoms with E-state index in [1.165, 1.54) is 163 Å². The second kappa shape index (κ2) is 66.9. The number of amides is 2. The van der Waals surface area contributed by atoms with Crippen molar-refractivity contribution in [3.05, 3.63) is 24.3 Å². The summed E-state index contributed by atoms with van der Waals surface area (Å²) in [5.41, 5.74) is 0. The highest BCUT2D eigenvalue weighted by molar-refractivity contribution is 8.13. The van der Waals surface area contributed by atoms with Crippen molar-refractivity contribution in [3.63, 3.8) is 0 Å². The van der Waals surface area contributed by atoms with Crippen molar-refractivity contribution in [2.75, 3.05) is 91.2 Å². The van der Waals surface area contributed by atoms with Crippen LogP contribution in [0.25, 0.3) is 0 Å². The summed E-state index contributed by atoms with van der Waals surface area (Å²) in [7, 11) is 4.03. The smallest absolute Gasteiger partial charge is 0.326 e. The molecule has 0 bridgehead atoms. The van der Waals surface area contributed by atoms with Gasteiger partial charge in [0.25, 0.3) is 10.5 Å². The summed E-state index contributed by atoms with van der Waals surface area (Å²) in [6.45, 7) is 17.1. The molecule has 0 aromatic rings. The molecule has 0 aliphatic rings. The predicted octanol–water partition coefficient (Wildman–Crippen LogP) is 20.1. The largest absolute Gasteiger partial charge is 0.461 e. The fraction of sp³-hybridized carbons (Fsp3) is 0.867. The highest BCUT2D eigenvalue weighted by Gasteiger charge is 2.25. The van der Waals surface area contributed by atoms with Crippen LogP contribution in [0.15, 0.2) is 24.3 Å². The van der Waals surface area contributed by atoms with E-state index in [1.54, 1.807) is 4.90 Å². The van der Waals surface area contributed by atoms with E-state index < -0.39 is 11.9 Å². The molecule has 0 aliphatic heterocycles. The Morgan fingerprint density at radius 1 is 0.352 bits per heavy atom. The van der Waals surface area contributed by atoms with Gasteiger partial charge in [-0.3, -0.25) is 28.8 Å². The van der Waals surface area contributed by atoms with Gasteiger partial charge >= 0.3 is 23.9 Å². The molecule has 2 amide bonds. The highest BCUT2D eigenvalue weighted by atomic mass is 32.2. The van der Waals surface area contributed by atoms with Crippen LogP contribution in [0.4, 0.5) is 9.59 Å². The third-order valence-electron chi connectivity index (χ3n) is 16.9. The van der Waals surface area contributed by atoms with E-state index in [0.29, 0.717) is 24.5 Å². The molecule has 14 nitrogen and oxygen atoms in total. The molecule has 0 aliphatic carbocycles. The molecule has 1 atom stereocenters. The molecule has 16 heteroatoms. The number of nitrogens with zero attached hydrogens (tertiary/aromatic N) is 4. The molecule has 0 fully saturated rings. The zero-order valence-electron chi connectivity index (χ0n) is 60.0. The standard InChI is InChI=1S/C75H140N4O10S2/c1-9-15-19-23-35-41-48-61-86-70(80)57-51-60-78(74(84)91-64-52-58-76(7)8)66-72(82)88-68(53-43-37-22-18-12-4)56-46-40-34-32-30-28-26-27-29-31-33-36-42-49-62-87-71(81)65-79(75(85)90-63-50-47-59-77(13-5)14-6)67-73(83)89-69(54-44-38-24-20-16-10-2)55-45-39-25-21-17-11-3/h41-42,48-49,68-69H,9-40,43-47,50-67H2,1-8H3/b48-41-,49-42-. The summed E-state index contributed by atoms with van der Waals surface area (Å²) in [6.07, 6.45) is 53.7. The van der Waals surface area contributed by atoms with Crippen molar-refractivity contribution in [3.8, 4) is 0 Å². The first kappa shape index (κ1) is 87.9. The maximum absolute atomic E-state index is 13.6. The second-order valence-electron chi connectivity index (χ2n) is 25.7. The fourth-order valence-corrected chi connectivity index (χ4v) is 12.7. The van der Waals surface area contributed by atoms with E-state index >= 15 is 0 Å². The van der Waals surface area contributed by atoms with Crippen LogP contribution in [0, 0.1) is 0 Å². The summed E-state index contributed by atoms with van der Waals surface area (Å²) >= 11 is 2.41. The first-order valence-electron chi connectivity index (χ1n) is 37.5. The Hall–Kier alpha value is -3.08. The van der Waals surface area contributed by atoms with Gasteiger partial charge in [0.15, 0.2) is 0 Å². The highest BCUT2D eigenvalue weighted by Crippen LogP contribution is 2.22. The molecule has 0 aromatic heterocycles. The van der Waals surface area contributed by atoms with Gasteiger partial charge in [0.05, 0.1) is 0 Å². The number of carbonyl (C=O) groups is 6. The SMILES string of the molecule is CCCCCC/C=C\COC(=O)CCCN(CC(=O)OC(CCCCCCC)CCCCCCCCCCCCC/C=C\COC(=O)CN(CC(=O)OC(CCCCCCCC)CCCCCCCC)C(=O)SCCCCN(CC)CC)C(=O)SCCCN(C)C. The third-order valence-corrected chi connectivity index (χ3v) is 18.9. The zero-order valence-corrected chi connectivity index (χ0v) is 61.7. The average Bonchev–Trinajstić information content (AvgIpc) is 3.73. The molecule has 0 spiro atoms. The normalized spacial score (nSPS) is 12.0. The van der Waals surface area contributed by atoms with Crippen molar-refractivity contribution in [2.24, 2.45) is 0 Å². The average molecular weight is 1320 g/mol. The molecule has 532 valence electrons. The summed E-state index contributed by atoms with van der Waals surface area (Å²) in [5, 5.41) is -0.434. The first-order valence-corrected chi connectivity index (χ1v) is 39.5. The number of hydrogen-bond acceptors (Lipinski definition) is 14. The Kier molecular flexibility index (Phi) is 64.7. The summed E-state index contributed by atoms with van der Waals surface area (Å²) < 4.78 is 23.2. The maximum Gasteiger partial charge on any atom is 0.326 e. The van der Waals surface area contributed by atoms with Crippen molar-refractivity contribution in [1.82, 2.24) is 19.6 Å². The molecule has 0 rings (SSSR count). The molecule has 91 heavy (non-hydrogen) atoms. The van der Waals surface area contributed by atoms with E-state index in [9.17, 15) is 28.8 Å². The molecule has 0 radical (unpaired) electrons. The Bertz CT molecular complexity index is 1770. The number of esters is 4.